The van der Waals surface area contributed by atoms with E-state index in [1.807, 2.05) is 29.2 Å². The largest absolute Gasteiger partial charge is 0.341 e. The summed E-state index contributed by atoms with van der Waals surface area (Å²) in [5.74, 6) is -0.162. The van der Waals surface area contributed by atoms with Crippen molar-refractivity contribution in [3.8, 4) is 0 Å². The van der Waals surface area contributed by atoms with Gasteiger partial charge in [-0.25, -0.2) is 0 Å². The van der Waals surface area contributed by atoms with Crippen molar-refractivity contribution < 1.29 is 9.59 Å². The normalized spacial score (nSPS) is 14.6. The number of para-hydroxylation sites is 1. The smallest absolute Gasteiger partial charge is 0.255 e. The minimum atomic E-state index is -0.244. The topological polar surface area (TPSA) is 61.4 Å². The second-order valence-electron chi connectivity index (χ2n) is 6.28. The van der Waals surface area contributed by atoms with Gasteiger partial charge in [0, 0.05) is 35.9 Å². The number of hydrogen-bond donors (Lipinski definition) is 2. The molecule has 0 spiro atoms. The average Bonchev–Trinajstić information content (AvgIpc) is 2.93. The molecule has 0 aliphatic carbocycles. The summed E-state index contributed by atoms with van der Waals surface area (Å²) < 4.78 is 0. The minimum Gasteiger partial charge on any atom is -0.341 e. The number of halogens is 1. The van der Waals surface area contributed by atoms with Crippen molar-refractivity contribution in [1.29, 1.82) is 0 Å². The molecule has 26 heavy (non-hydrogen) atoms. The van der Waals surface area contributed by atoms with E-state index in [1.54, 1.807) is 24.3 Å². The van der Waals surface area contributed by atoms with Gasteiger partial charge >= 0.3 is 0 Å². The lowest BCUT2D eigenvalue weighted by atomic mass is 10.1. The van der Waals surface area contributed by atoms with Gasteiger partial charge in [0.25, 0.3) is 5.91 Å². The van der Waals surface area contributed by atoms with Crippen molar-refractivity contribution in [1.82, 2.24) is 10.2 Å². The molecular weight excluding hydrogens is 350 g/mol. The van der Waals surface area contributed by atoms with Gasteiger partial charge in [-0.15, -0.1) is 0 Å². The summed E-state index contributed by atoms with van der Waals surface area (Å²) in [6.07, 6.45) is 1.23. The Morgan fingerprint density at radius 3 is 2.77 bits per heavy atom. The molecule has 5 nitrogen and oxygen atoms in total. The SMILES string of the molecule is O=C(Nc1ccccc1CC(=O)N1CCCNCC1)c1cccc(Cl)c1. The van der Waals surface area contributed by atoms with Crippen LogP contribution in [0, 0.1) is 0 Å². The molecule has 0 bridgehead atoms. The number of benzene rings is 2. The molecule has 1 fully saturated rings. The van der Waals surface area contributed by atoms with E-state index in [-0.39, 0.29) is 18.2 Å². The Balaban J connectivity index is 1.71. The van der Waals surface area contributed by atoms with Crippen LogP contribution in [-0.2, 0) is 11.2 Å². The van der Waals surface area contributed by atoms with Crippen LogP contribution in [-0.4, -0.2) is 42.9 Å². The van der Waals surface area contributed by atoms with Crippen molar-refractivity contribution in [2.24, 2.45) is 0 Å². The molecule has 136 valence electrons. The van der Waals surface area contributed by atoms with Crippen LogP contribution in [0.1, 0.15) is 22.3 Å². The van der Waals surface area contributed by atoms with Crippen molar-refractivity contribution in [3.63, 3.8) is 0 Å². The molecule has 3 rings (SSSR count). The van der Waals surface area contributed by atoms with Gasteiger partial charge in [-0.05, 0) is 42.8 Å². The van der Waals surface area contributed by atoms with E-state index in [9.17, 15) is 9.59 Å². The fourth-order valence-electron chi connectivity index (χ4n) is 2.99. The number of nitrogens with one attached hydrogen (secondary N) is 2. The maximum atomic E-state index is 12.6. The number of carbonyl (C=O) groups is 2. The Labute approximate surface area is 158 Å². The Morgan fingerprint density at radius 2 is 1.92 bits per heavy atom. The van der Waals surface area contributed by atoms with Crippen molar-refractivity contribution in [2.45, 2.75) is 12.8 Å². The predicted molar refractivity (Wildman–Crippen MR) is 104 cm³/mol. The molecule has 1 aliphatic heterocycles. The Hall–Kier alpha value is -2.37. The molecule has 0 unspecified atom stereocenters. The molecule has 0 aromatic heterocycles. The highest BCUT2D eigenvalue weighted by atomic mass is 35.5. The molecule has 2 aromatic carbocycles. The highest BCUT2D eigenvalue weighted by molar-refractivity contribution is 6.31. The second-order valence-corrected chi connectivity index (χ2v) is 6.72. The van der Waals surface area contributed by atoms with Gasteiger partial charge in [0.05, 0.1) is 6.42 Å². The maximum Gasteiger partial charge on any atom is 0.255 e. The van der Waals surface area contributed by atoms with E-state index in [4.69, 9.17) is 11.6 Å². The molecule has 6 heteroatoms. The summed E-state index contributed by atoms with van der Waals surface area (Å²) in [7, 11) is 0. The first-order chi connectivity index (χ1) is 12.6. The first-order valence-corrected chi connectivity index (χ1v) is 9.14. The Bertz CT molecular complexity index is 786. The highest BCUT2D eigenvalue weighted by Crippen LogP contribution is 2.19. The van der Waals surface area contributed by atoms with Gasteiger partial charge in [0.15, 0.2) is 0 Å². The summed E-state index contributed by atoms with van der Waals surface area (Å²) in [5, 5.41) is 6.70. The molecule has 1 aliphatic rings. The molecule has 0 atom stereocenters. The molecule has 2 aromatic rings. The summed E-state index contributed by atoms with van der Waals surface area (Å²) in [5.41, 5.74) is 1.95. The second kappa shape index (κ2) is 8.83. The van der Waals surface area contributed by atoms with Crippen LogP contribution in [0.25, 0.3) is 0 Å². The molecule has 2 amide bonds. The zero-order valence-electron chi connectivity index (χ0n) is 14.5. The predicted octanol–water partition coefficient (Wildman–Crippen LogP) is 2.96. The summed E-state index contributed by atoms with van der Waals surface area (Å²) >= 11 is 5.96. The summed E-state index contributed by atoms with van der Waals surface area (Å²) in [4.78, 5) is 27.0. The van der Waals surface area contributed by atoms with Crippen LogP contribution in [0.15, 0.2) is 48.5 Å². The zero-order valence-corrected chi connectivity index (χ0v) is 15.3. The van der Waals surface area contributed by atoms with Crippen LogP contribution < -0.4 is 10.6 Å². The molecule has 0 radical (unpaired) electrons. The van der Waals surface area contributed by atoms with Gasteiger partial charge in [-0.1, -0.05) is 35.9 Å². The van der Waals surface area contributed by atoms with E-state index < -0.39 is 0 Å². The third-order valence-corrected chi connectivity index (χ3v) is 4.62. The monoisotopic (exact) mass is 371 g/mol. The van der Waals surface area contributed by atoms with Crippen LogP contribution >= 0.6 is 11.6 Å². The standard InChI is InChI=1S/C20H22ClN3O2/c21-17-7-3-6-16(13-17)20(26)23-18-8-2-1-5-15(18)14-19(25)24-11-4-9-22-10-12-24/h1-3,5-8,13,22H,4,9-12,14H2,(H,23,26). The lowest BCUT2D eigenvalue weighted by Gasteiger charge is -2.21. The zero-order chi connectivity index (χ0) is 18.4. The molecule has 1 heterocycles. The lowest BCUT2D eigenvalue weighted by Crippen LogP contribution is -2.35. The van der Waals surface area contributed by atoms with E-state index in [2.05, 4.69) is 10.6 Å². The van der Waals surface area contributed by atoms with Crippen LogP contribution in [0.2, 0.25) is 5.02 Å². The minimum absolute atomic E-state index is 0.0816. The molecule has 2 N–H and O–H groups in total. The Morgan fingerprint density at radius 1 is 1.08 bits per heavy atom. The number of hydrogen-bond acceptors (Lipinski definition) is 3. The molecular formula is C20H22ClN3O2. The van der Waals surface area contributed by atoms with Gasteiger partial charge in [-0.3, -0.25) is 9.59 Å². The number of rotatable bonds is 4. The molecule has 0 saturated carbocycles. The van der Waals surface area contributed by atoms with Gasteiger partial charge < -0.3 is 15.5 Å². The van der Waals surface area contributed by atoms with E-state index in [1.165, 1.54) is 0 Å². The van der Waals surface area contributed by atoms with Crippen LogP contribution in [0.4, 0.5) is 5.69 Å². The third-order valence-electron chi connectivity index (χ3n) is 4.39. The van der Waals surface area contributed by atoms with Crippen LogP contribution in [0.3, 0.4) is 0 Å². The van der Waals surface area contributed by atoms with Gasteiger partial charge in [-0.2, -0.15) is 0 Å². The van der Waals surface area contributed by atoms with E-state index in [0.29, 0.717) is 16.3 Å². The van der Waals surface area contributed by atoms with Crippen LogP contribution in [0.5, 0.6) is 0 Å². The van der Waals surface area contributed by atoms with Crippen molar-refractivity contribution in [2.75, 3.05) is 31.5 Å². The first-order valence-electron chi connectivity index (χ1n) is 8.77. The quantitative estimate of drug-likeness (QED) is 0.868. The number of carbonyl (C=O) groups excluding carboxylic acids is 2. The highest BCUT2D eigenvalue weighted by Gasteiger charge is 2.17. The average molecular weight is 372 g/mol. The number of nitrogens with zero attached hydrogens (tertiary/aromatic N) is 1. The third kappa shape index (κ3) is 4.84. The number of anilines is 1. The van der Waals surface area contributed by atoms with Gasteiger partial charge in [0.1, 0.15) is 0 Å². The van der Waals surface area contributed by atoms with E-state index >= 15 is 0 Å². The summed E-state index contributed by atoms with van der Waals surface area (Å²) in [6.45, 7) is 3.24. The first kappa shape index (κ1) is 18.4. The maximum absolute atomic E-state index is 12.6. The van der Waals surface area contributed by atoms with Crippen molar-refractivity contribution in [3.05, 3.63) is 64.7 Å². The lowest BCUT2D eigenvalue weighted by molar-refractivity contribution is -0.130. The molecule has 1 saturated heterocycles. The fraction of sp³-hybridized carbons (Fsp3) is 0.300. The van der Waals surface area contributed by atoms with Gasteiger partial charge in [0.2, 0.25) is 5.91 Å². The van der Waals surface area contributed by atoms with E-state index in [0.717, 1.165) is 38.2 Å². The van der Waals surface area contributed by atoms with Crippen molar-refractivity contribution >= 4 is 29.1 Å². The summed E-state index contributed by atoms with van der Waals surface area (Å²) in [6, 6.07) is 14.2. The fourth-order valence-corrected chi connectivity index (χ4v) is 3.18. The Kier molecular flexibility index (Phi) is 6.26. The number of amides is 2.